The van der Waals surface area contributed by atoms with Crippen LogP contribution in [0.3, 0.4) is 0 Å². The van der Waals surface area contributed by atoms with E-state index in [0.717, 1.165) is 44.9 Å². The Labute approximate surface area is 99.4 Å². The lowest BCUT2D eigenvalue weighted by molar-refractivity contribution is -0.150. The fourth-order valence-electron chi connectivity index (χ4n) is 2.82. The Morgan fingerprint density at radius 1 is 1.19 bits per heavy atom. The molecule has 0 unspecified atom stereocenters. The van der Waals surface area contributed by atoms with Crippen LogP contribution in [0, 0.1) is 11.3 Å². The summed E-state index contributed by atoms with van der Waals surface area (Å²) < 4.78 is 0. The molecular weight excluding hydrogens is 200 g/mol. The van der Waals surface area contributed by atoms with Gasteiger partial charge < -0.3 is 5.11 Å². The first-order chi connectivity index (χ1) is 7.57. The number of rotatable bonds is 5. The topological polar surface area (TPSA) is 37.3 Å². The molecule has 0 aromatic rings. The number of carboxylic acid groups (broad SMARTS) is 1. The highest BCUT2D eigenvalue weighted by molar-refractivity contribution is 5.74. The first-order valence-electron chi connectivity index (χ1n) is 6.80. The molecule has 16 heavy (non-hydrogen) atoms. The highest BCUT2D eigenvalue weighted by atomic mass is 16.4. The molecule has 0 bridgehead atoms. The fourth-order valence-corrected chi connectivity index (χ4v) is 2.82. The molecule has 0 radical (unpaired) electrons. The second-order valence-corrected chi connectivity index (χ2v) is 5.79. The molecule has 0 spiro atoms. The second kappa shape index (κ2) is 6.27. The lowest BCUT2D eigenvalue weighted by Crippen LogP contribution is -2.30. The van der Waals surface area contributed by atoms with Crippen molar-refractivity contribution in [1.82, 2.24) is 0 Å². The van der Waals surface area contributed by atoms with E-state index < -0.39 is 5.97 Å². The molecule has 1 saturated carbocycles. The van der Waals surface area contributed by atoms with E-state index in [9.17, 15) is 9.90 Å². The number of carboxylic acids is 1. The van der Waals surface area contributed by atoms with Crippen LogP contribution in [0.1, 0.15) is 71.6 Å². The lowest BCUT2D eigenvalue weighted by Gasteiger charge is -2.28. The van der Waals surface area contributed by atoms with Crippen LogP contribution < -0.4 is 0 Å². The van der Waals surface area contributed by atoms with Gasteiger partial charge in [-0.05, 0) is 25.2 Å². The minimum Gasteiger partial charge on any atom is -0.481 e. The van der Waals surface area contributed by atoms with Crippen LogP contribution in [0.4, 0.5) is 0 Å². The zero-order valence-corrected chi connectivity index (χ0v) is 10.8. The maximum atomic E-state index is 11.5. The van der Waals surface area contributed by atoms with Crippen molar-refractivity contribution in [2.75, 3.05) is 0 Å². The van der Waals surface area contributed by atoms with Gasteiger partial charge in [0, 0.05) is 0 Å². The molecular formula is C14H26O2. The normalized spacial score (nSPS) is 20.7. The van der Waals surface area contributed by atoms with E-state index in [2.05, 4.69) is 13.8 Å². The molecule has 0 heterocycles. The van der Waals surface area contributed by atoms with E-state index in [1.165, 1.54) is 12.8 Å². The predicted molar refractivity (Wildman–Crippen MR) is 66.5 cm³/mol. The fraction of sp³-hybridized carbons (Fsp3) is 0.929. The van der Waals surface area contributed by atoms with Gasteiger partial charge in [-0.3, -0.25) is 4.79 Å². The van der Waals surface area contributed by atoms with Gasteiger partial charge in [0.05, 0.1) is 5.41 Å². The van der Waals surface area contributed by atoms with Crippen molar-refractivity contribution in [3.05, 3.63) is 0 Å². The molecule has 0 saturated heterocycles. The standard InChI is InChI=1S/C14H26O2/c1-12(2)8-7-11-14(13(15)16)9-5-3-4-6-10-14/h12H,3-11H2,1-2H3,(H,15,16). The van der Waals surface area contributed by atoms with Crippen LogP contribution in [-0.4, -0.2) is 11.1 Å². The second-order valence-electron chi connectivity index (χ2n) is 5.79. The Balaban J connectivity index is 2.53. The van der Waals surface area contributed by atoms with Crippen molar-refractivity contribution in [2.45, 2.75) is 71.6 Å². The lowest BCUT2D eigenvalue weighted by atomic mass is 9.76. The van der Waals surface area contributed by atoms with E-state index in [1.54, 1.807) is 0 Å². The Morgan fingerprint density at radius 3 is 2.19 bits per heavy atom. The minimum atomic E-state index is -0.543. The summed E-state index contributed by atoms with van der Waals surface area (Å²) >= 11 is 0. The minimum absolute atomic E-state index is 0.384. The van der Waals surface area contributed by atoms with Crippen LogP contribution in [-0.2, 0) is 4.79 Å². The van der Waals surface area contributed by atoms with Gasteiger partial charge in [-0.1, -0.05) is 52.4 Å². The predicted octanol–water partition coefficient (Wildman–Crippen LogP) is 4.24. The van der Waals surface area contributed by atoms with Crippen LogP contribution in [0.15, 0.2) is 0 Å². The molecule has 0 aromatic carbocycles. The molecule has 2 heteroatoms. The van der Waals surface area contributed by atoms with Gasteiger partial charge in [-0.25, -0.2) is 0 Å². The highest BCUT2D eigenvalue weighted by Crippen LogP contribution is 2.40. The molecule has 1 aliphatic rings. The summed E-state index contributed by atoms with van der Waals surface area (Å²) in [5.41, 5.74) is -0.384. The molecule has 0 aliphatic heterocycles. The summed E-state index contributed by atoms with van der Waals surface area (Å²) in [6, 6.07) is 0. The van der Waals surface area contributed by atoms with Gasteiger partial charge in [0.1, 0.15) is 0 Å². The Bertz CT molecular complexity index is 213. The molecule has 0 atom stereocenters. The van der Waals surface area contributed by atoms with Gasteiger partial charge >= 0.3 is 5.97 Å². The summed E-state index contributed by atoms with van der Waals surface area (Å²) in [6.45, 7) is 4.42. The summed E-state index contributed by atoms with van der Waals surface area (Å²) in [6.07, 6.45) is 9.58. The number of carbonyl (C=O) groups is 1. The van der Waals surface area contributed by atoms with Gasteiger partial charge in [0.2, 0.25) is 0 Å². The number of hydrogen-bond acceptors (Lipinski definition) is 1. The number of hydrogen-bond donors (Lipinski definition) is 1. The summed E-state index contributed by atoms with van der Waals surface area (Å²) in [5, 5.41) is 9.48. The van der Waals surface area contributed by atoms with Gasteiger partial charge in [0.15, 0.2) is 0 Å². The molecule has 1 fully saturated rings. The van der Waals surface area contributed by atoms with Gasteiger partial charge in [0.25, 0.3) is 0 Å². The summed E-state index contributed by atoms with van der Waals surface area (Å²) in [7, 11) is 0. The number of aliphatic carboxylic acids is 1. The molecule has 0 amide bonds. The molecule has 94 valence electrons. The molecule has 1 N–H and O–H groups in total. The molecule has 0 aromatic heterocycles. The monoisotopic (exact) mass is 226 g/mol. The highest BCUT2D eigenvalue weighted by Gasteiger charge is 2.37. The molecule has 2 nitrogen and oxygen atoms in total. The van der Waals surface area contributed by atoms with E-state index in [-0.39, 0.29) is 5.41 Å². The maximum Gasteiger partial charge on any atom is 0.309 e. The molecule has 1 rings (SSSR count). The molecule has 1 aliphatic carbocycles. The van der Waals surface area contributed by atoms with Crippen LogP contribution in [0.2, 0.25) is 0 Å². The Hall–Kier alpha value is -0.530. The Kier molecular flexibility index (Phi) is 5.30. The zero-order chi connectivity index (χ0) is 12.0. The summed E-state index contributed by atoms with van der Waals surface area (Å²) in [4.78, 5) is 11.5. The largest absolute Gasteiger partial charge is 0.481 e. The van der Waals surface area contributed by atoms with E-state index in [1.807, 2.05) is 0 Å². The van der Waals surface area contributed by atoms with Crippen LogP contribution in [0.25, 0.3) is 0 Å². The SMILES string of the molecule is CC(C)CCCC1(C(=O)O)CCCCCC1. The van der Waals surface area contributed by atoms with Crippen molar-refractivity contribution < 1.29 is 9.90 Å². The third-order valence-electron chi connectivity index (χ3n) is 3.95. The first kappa shape index (κ1) is 13.5. The quantitative estimate of drug-likeness (QED) is 0.712. The van der Waals surface area contributed by atoms with Crippen molar-refractivity contribution >= 4 is 5.97 Å². The maximum absolute atomic E-state index is 11.5. The summed E-state index contributed by atoms with van der Waals surface area (Å²) in [5.74, 6) is 0.148. The van der Waals surface area contributed by atoms with Crippen LogP contribution in [0.5, 0.6) is 0 Å². The first-order valence-corrected chi connectivity index (χ1v) is 6.80. The third kappa shape index (κ3) is 3.80. The van der Waals surface area contributed by atoms with E-state index in [0.29, 0.717) is 5.92 Å². The smallest absolute Gasteiger partial charge is 0.309 e. The Morgan fingerprint density at radius 2 is 1.75 bits per heavy atom. The third-order valence-corrected chi connectivity index (χ3v) is 3.95. The van der Waals surface area contributed by atoms with Crippen molar-refractivity contribution in [3.63, 3.8) is 0 Å². The van der Waals surface area contributed by atoms with E-state index in [4.69, 9.17) is 0 Å². The van der Waals surface area contributed by atoms with Crippen molar-refractivity contribution in [3.8, 4) is 0 Å². The van der Waals surface area contributed by atoms with Crippen molar-refractivity contribution in [1.29, 1.82) is 0 Å². The average molecular weight is 226 g/mol. The van der Waals surface area contributed by atoms with Crippen LogP contribution >= 0.6 is 0 Å². The zero-order valence-electron chi connectivity index (χ0n) is 10.8. The average Bonchev–Trinajstić information content (AvgIpc) is 2.43. The van der Waals surface area contributed by atoms with Gasteiger partial charge in [-0.2, -0.15) is 0 Å². The van der Waals surface area contributed by atoms with Crippen molar-refractivity contribution in [2.24, 2.45) is 11.3 Å². The van der Waals surface area contributed by atoms with Gasteiger partial charge in [-0.15, -0.1) is 0 Å². The van der Waals surface area contributed by atoms with E-state index >= 15 is 0 Å².